The Morgan fingerprint density at radius 3 is 2.36 bits per heavy atom. The summed E-state index contributed by atoms with van der Waals surface area (Å²) in [4.78, 5) is 0. The van der Waals surface area contributed by atoms with Crippen LogP contribution < -0.4 is 8.92 Å². The maximum Gasteiger partial charge on any atom is 0.299 e. The molecule has 0 aromatic heterocycles. The number of rotatable bonds is 6. The number of aryl methyl sites for hydroxylation is 1. The summed E-state index contributed by atoms with van der Waals surface area (Å²) in [5.74, 6) is 1.50. The molecule has 0 fully saturated rings. The number of hydrogen-bond acceptors (Lipinski definition) is 4. The number of fused-ring (bicyclic) bond motifs is 1. The van der Waals surface area contributed by atoms with E-state index in [0.717, 1.165) is 34.4 Å². The molecule has 0 heterocycles. The molecule has 0 bridgehead atoms. The summed E-state index contributed by atoms with van der Waals surface area (Å²) in [5.41, 5.74) is 3.87. The Labute approximate surface area is 133 Å². The van der Waals surface area contributed by atoms with Crippen molar-refractivity contribution >= 4 is 11.0 Å². The zero-order valence-electron chi connectivity index (χ0n) is 13.4. The van der Waals surface area contributed by atoms with E-state index in [4.69, 9.17) is 8.92 Å². The molecular weight excluding hydrogens is 300 g/mol. The molecular formula is C17H22O4S. The normalized spacial score (nSPS) is 11.4. The van der Waals surface area contributed by atoms with E-state index in [2.05, 4.69) is 13.8 Å². The summed E-state index contributed by atoms with van der Waals surface area (Å²) in [6.07, 6.45) is 0.774. The van der Waals surface area contributed by atoms with Crippen LogP contribution in [-0.4, -0.2) is 15.0 Å². The fourth-order valence-electron chi connectivity index (χ4n) is 2.58. The van der Waals surface area contributed by atoms with Crippen LogP contribution in [0.5, 0.6) is 11.5 Å². The van der Waals surface area contributed by atoms with Gasteiger partial charge >= 0.3 is 0 Å². The zero-order chi connectivity index (χ0) is 16.3. The second-order valence-corrected chi connectivity index (χ2v) is 6.05. The average Bonchev–Trinajstić information content (AvgIpc) is 2.66. The fourth-order valence-corrected chi connectivity index (χ4v) is 2.89. The van der Waals surface area contributed by atoms with Gasteiger partial charge in [0.15, 0.2) is 5.75 Å². The lowest BCUT2D eigenvalue weighted by Gasteiger charge is -2.09. The minimum Gasteiger partial charge on any atom is -0.493 e. The Bertz CT molecular complexity index is 696. The predicted octanol–water partition coefficient (Wildman–Crippen LogP) is 3.78. The first-order valence-electron chi connectivity index (χ1n) is 7.52. The van der Waals surface area contributed by atoms with Crippen LogP contribution in [0.4, 0.5) is 0 Å². The topological polar surface area (TPSA) is 52.6 Å². The average molecular weight is 322 g/mol. The Kier molecular flexibility index (Phi) is 5.29. The summed E-state index contributed by atoms with van der Waals surface area (Å²) in [5, 5.41) is 0. The third-order valence-corrected chi connectivity index (χ3v) is 4.01. The van der Waals surface area contributed by atoms with Crippen molar-refractivity contribution in [2.75, 3.05) is 6.61 Å². The molecule has 0 saturated carbocycles. The Balaban J connectivity index is 2.74. The van der Waals surface area contributed by atoms with Crippen molar-refractivity contribution < 1.29 is 17.3 Å². The number of thiol groups is 1. The molecule has 2 aliphatic rings. The molecule has 0 aromatic rings. The number of hydrogen-bond donors (Lipinski definition) is 1. The Morgan fingerprint density at radius 1 is 1.09 bits per heavy atom. The molecule has 2 rings (SSSR count). The third kappa shape index (κ3) is 3.35. The van der Waals surface area contributed by atoms with Gasteiger partial charge in [-0.15, -0.1) is 0 Å². The van der Waals surface area contributed by atoms with E-state index in [9.17, 15) is 8.42 Å². The first-order valence-corrected chi connectivity index (χ1v) is 8.62. The molecule has 2 aliphatic carbocycles. The van der Waals surface area contributed by atoms with Crippen LogP contribution in [0, 0.1) is 0 Å². The third-order valence-electron chi connectivity index (χ3n) is 3.67. The van der Waals surface area contributed by atoms with Crippen LogP contribution in [0.2, 0.25) is 0 Å². The smallest absolute Gasteiger partial charge is 0.299 e. The zero-order valence-corrected chi connectivity index (χ0v) is 14.3. The van der Waals surface area contributed by atoms with Gasteiger partial charge in [-0.3, -0.25) is 0 Å². The first kappa shape index (κ1) is 16.6. The van der Waals surface area contributed by atoms with E-state index in [-0.39, 0.29) is 0 Å². The van der Waals surface area contributed by atoms with Gasteiger partial charge < -0.3 is 8.92 Å². The van der Waals surface area contributed by atoms with Crippen LogP contribution in [-0.2, 0) is 17.4 Å². The largest absolute Gasteiger partial charge is 0.493 e. The molecule has 22 heavy (non-hydrogen) atoms. The lowest BCUT2D eigenvalue weighted by Crippen LogP contribution is -1.94. The standard InChI is InChI=1S/C17H22O4S/c1-5-12-9-15(21-22(18)19)14-8-7-13(11(3)4)10-16(17(12)14)20-6-2/h7-11,22H,5-6H2,1-4H3. The van der Waals surface area contributed by atoms with Gasteiger partial charge in [0.2, 0.25) is 0 Å². The monoisotopic (exact) mass is 322 g/mol. The van der Waals surface area contributed by atoms with E-state index >= 15 is 0 Å². The molecule has 0 unspecified atom stereocenters. The van der Waals surface area contributed by atoms with E-state index < -0.39 is 11.0 Å². The van der Waals surface area contributed by atoms with Crippen molar-refractivity contribution in [1.82, 2.24) is 0 Å². The lowest BCUT2D eigenvalue weighted by molar-refractivity contribution is 0.341. The van der Waals surface area contributed by atoms with Crippen molar-refractivity contribution in [2.45, 2.75) is 40.0 Å². The highest BCUT2D eigenvalue weighted by molar-refractivity contribution is 7.67. The summed E-state index contributed by atoms with van der Waals surface area (Å²) in [6, 6.07) is 7.74. The summed E-state index contributed by atoms with van der Waals surface area (Å²) in [6.45, 7) is 8.75. The SMILES string of the molecule is CCOc1cc(C(C)C)ccc2c(O[SH](=O)=O)cc(CC)c1-2. The molecule has 0 radical (unpaired) electrons. The molecule has 5 heteroatoms. The van der Waals surface area contributed by atoms with Crippen LogP contribution in [0.15, 0.2) is 24.3 Å². The summed E-state index contributed by atoms with van der Waals surface area (Å²) >= 11 is 0. The quantitative estimate of drug-likeness (QED) is 0.822. The van der Waals surface area contributed by atoms with E-state index in [1.54, 1.807) is 6.07 Å². The van der Waals surface area contributed by atoms with Gasteiger partial charge in [-0.1, -0.05) is 32.9 Å². The van der Waals surface area contributed by atoms with Crippen molar-refractivity contribution in [3.05, 3.63) is 35.4 Å². The van der Waals surface area contributed by atoms with Crippen molar-refractivity contribution in [3.8, 4) is 22.6 Å². The van der Waals surface area contributed by atoms with Gasteiger partial charge in [0.1, 0.15) is 5.75 Å². The van der Waals surface area contributed by atoms with Gasteiger partial charge in [-0.25, -0.2) is 0 Å². The molecule has 4 nitrogen and oxygen atoms in total. The molecule has 120 valence electrons. The predicted molar refractivity (Wildman–Crippen MR) is 88.6 cm³/mol. The second-order valence-electron chi connectivity index (χ2n) is 5.42. The van der Waals surface area contributed by atoms with Crippen LogP contribution in [0.25, 0.3) is 11.1 Å². The van der Waals surface area contributed by atoms with Crippen molar-refractivity contribution in [2.24, 2.45) is 0 Å². The number of ether oxygens (including phenoxy) is 1. The molecule has 0 saturated heterocycles. The van der Waals surface area contributed by atoms with Gasteiger partial charge in [-0.2, -0.15) is 8.42 Å². The molecule has 0 amide bonds. The van der Waals surface area contributed by atoms with Crippen LogP contribution in [0.1, 0.15) is 44.7 Å². The fraction of sp³-hybridized carbons (Fsp3) is 0.412. The Morgan fingerprint density at radius 2 is 1.82 bits per heavy atom. The van der Waals surface area contributed by atoms with Gasteiger partial charge in [0, 0.05) is 11.1 Å². The van der Waals surface area contributed by atoms with E-state index in [1.807, 2.05) is 32.0 Å². The molecule has 0 spiro atoms. The highest BCUT2D eigenvalue weighted by atomic mass is 32.2. The lowest BCUT2D eigenvalue weighted by atomic mass is 10.0. The van der Waals surface area contributed by atoms with Crippen LogP contribution in [0.3, 0.4) is 0 Å². The summed E-state index contributed by atoms with van der Waals surface area (Å²) in [7, 11) is -2.94. The van der Waals surface area contributed by atoms with Gasteiger partial charge in [-0.05, 0) is 42.5 Å². The van der Waals surface area contributed by atoms with Crippen molar-refractivity contribution in [3.63, 3.8) is 0 Å². The van der Waals surface area contributed by atoms with Crippen molar-refractivity contribution in [1.29, 1.82) is 0 Å². The van der Waals surface area contributed by atoms with Gasteiger partial charge in [0.25, 0.3) is 11.0 Å². The molecule has 0 aliphatic heterocycles. The first-order chi connectivity index (χ1) is 10.5. The summed E-state index contributed by atoms with van der Waals surface area (Å²) < 4.78 is 32.7. The minimum absolute atomic E-state index is 0.348. The highest BCUT2D eigenvalue weighted by Gasteiger charge is 2.21. The highest BCUT2D eigenvalue weighted by Crippen LogP contribution is 2.44. The molecule has 0 N–H and O–H groups in total. The van der Waals surface area contributed by atoms with E-state index in [0.29, 0.717) is 18.3 Å². The maximum atomic E-state index is 11.0. The maximum absolute atomic E-state index is 11.0. The Hall–Kier alpha value is -1.75. The second kappa shape index (κ2) is 7.01. The molecule has 0 aromatic carbocycles. The minimum atomic E-state index is -2.94. The van der Waals surface area contributed by atoms with Crippen LogP contribution >= 0.6 is 0 Å². The molecule has 0 atom stereocenters. The van der Waals surface area contributed by atoms with E-state index in [1.165, 1.54) is 0 Å². The van der Waals surface area contributed by atoms with Gasteiger partial charge in [0.05, 0.1) is 6.61 Å².